The molecular formula is C14H19N5O3S2. The van der Waals surface area contributed by atoms with Gasteiger partial charge in [0.1, 0.15) is 6.33 Å². The predicted octanol–water partition coefficient (Wildman–Crippen LogP) is 1.25. The quantitative estimate of drug-likeness (QED) is 0.712. The Bertz CT molecular complexity index is 833. The van der Waals surface area contributed by atoms with E-state index in [0.29, 0.717) is 16.4 Å². The lowest BCUT2D eigenvalue weighted by atomic mass is 10.2. The molecule has 10 heteroatoms. The first-order valence-electron chi connectivity index (χ1n) is 7.22. The van der Waals surface area contributed by atoms with Crippen molar-refractivity contribution >= 4 is 33.4 Å². The second-order valence-corrected chi connectivity index (χ2v) is 7.72. The second-order valence-electron chi connectivity index (χ2n) is 4.92. The minimum absolute atomic E-state index is 0.140. The summed E-state index contributed by atoms with van der Waals surface area (Å²) in [7, 11) is -2.22. The van der Waals surface area contributed by atoms with Crippen molar-refractivity contribution in [2.75, 3.05) is 18.1 Å². The number of amides is 1. The molecule has 0 spiro atoms. The predicted molar refractivity (Wildman–Crippen MR) is 92.5 cm³/mol. The van der Waals surface area contributed by atoms with E-state index in [2.05, 4.69) is 20.2 Å². The number of aromatic nitrogens is 3. The highest BCUT2D eigenvalue weighted by Gasteiger charge is 2.16. The monoisotopic (exact) mass is 369 g/mol. The van der Waals surface area contributed by atoms with Crippen LogP contribution < -0.4 is 10.0 Å². The third kappa shape index (κ3) is 4.34. The third-order valence-electron chi connectivity index (χ3n) is 3.28. The number of sulfonamides is 1. The van der Waals surface area contributed by atoms with Crippen LogP contribution in [0.15, 0.2) is 34.6 Å². The SMILES string of the molecule is CCn1cnnc1SCC(=O)Nc1ccc(C)c(S(=O)(=O)NC)c1. The summed E-state index contributed by atoms with van der Waals surface area (Å²) in [5, 5.41) is 11.1. The van der Waals surface area contributed by atoms with Crippen molar-refractivity contribution < 1.29 is 13.2 Å². The number of nitrogens with one attached hydrogen (secondary N) is 2. The van der Waals surface area contributed by atoms with Crippen molar-refractivity contribution in [1.82, 2.24) is 19.5 Å². The van der Waals surface area contributed by atoms with E-state index in [1.165, 1.54) is 24.9 Å². The molecule has 0 bridgehead atoms. The molecule has 1 aromatic heterocycles. The molecule has 0 saturated carbocycles. The van der Waals surface area contributed by atoms with Crippen LogP contribution in [0.5, 0.6) is 0 Å². The molecule has 0 aliphatic heterocycles. The maximum Gasteiger partial charge on any atom is 0.240 e. The summed E-state index contributed by atoms with van der Waals surface area (Å²) in [6.45, 7) is 4.38. The minimum atomic E-state index is -3.57. The zero-order chi connectivity index (χ0) is 17.7. The smallest absolute Gasteiger partial charge is 0.240 e. The number of benzene rings is 1. The second kappa shape index (κ2) is 7.77. The lowest BCUT2D eigenvalue weighted by Gasteiger charge is -2.10. The molecule has 0 aliphatic carbocycles. The molecule has 1 aromatic carbocycles. The van der Waals surface area contributed by atoms with Crippen LogP contribution in [0.4, 0.5) is 5.69 Å². The molecule has 1 heterocycles. The standard InChI is InChI=1S/C14H19N5O3S2/c1-4-19-9-16-18-14(19)23-8-13(20)17-11-6-5-10(2)12(7-11)24(21,22)15-3/h5-7,9,15H,4,8H2,1-3H3,(H,17,20). The highest BCUT2D eigenvalue weighted by Crippen LogP contribution is 2.21. The number of aryl methyl sites for hydroxylation is 2. The molecule has 2 aromatic rings. The van der Waals surface area contributed by atoms with Gasteiger partial charge in [-0.2, -0.15) is 0 Å². The van der Waals surface area contributed by atoms with Crippen LogP contribution in [-0.2, 0) is 21.4 Å². The van der Waals surface area contributed by atoms with Gasteiger partial charge in [-0.05, 0) is 38.6 Å². The van der Waals surface area contributed by atoms with Crippen molar-refractivity contribution in [2.24, 2.45) is 0 Å². The van der Waals surface area contributed by atoms with Gasteiger partial charge in [-0.3, -0.25) is 4.79 Å². The Labute approximate surface area is 145 Å². The van der Waals surface area contributed by atoms with Crippen molar-refractivity contribution in [3.8, 4) is 0 Å². The Morgan fingerprint density at radius 1 is 1.38 bits per heavy atom. The van der Waals surface area contributed by atoms with E-state index in [4.69, 9.17) is 0 Å². The van der Waals surface area contributed by atoms with E-state index >= 15 is 0 Å². The van der Waals surface area contributed by atoms with E-state index in [1.807, 2.05) is 11.5 Å². The van der Waals surface area contributed by atoms with Crippen LogP contribution in [0.2, 0.25) is 0 Å². The number of rotatable bonds is 7. The molecule has 2 rings (SSSR count). The van der Waals surface area contributed by atoms with Crippen molar-refractivity contribution in [3.05, 3.63) is 30.1 Å². The van der Waals surface area contributed by atoms with E-state index in [-0.39, 0.29) is 16.6 Å². The Kier molecular flexibility index (Phi) is 5.97. The number of hydrogen-bond donors (Lipinski definition) is 2. The van der Waals surface area contributed by atoms with E-state index in [0.717, 1.165) is 6.54 Å². The molecule has 0 atom stereocenters. The topological polar surface area (TPSA) is 106 Å². The summed E-state index contributed by atoms with van der Waals surface area (Å²) >= 11 is 1.27. The van der Waals surface area contributed by atoms with Gasteiger partial charge in [0.15, 0.2) is 5.16 Å². The Hall–Kier alpha value is -1.91. The van der Waals surface area contributed by atoms with Crippen LogP contribution in [0.1, 0.15) is 12.5 Å². The molecule has 130 valence electrons. The first-order valence-corrected chi connectivity index (χ1v) is 9.69. The molecule has 0 unspecified atom stereocenters. The molecule has 1 amide bonds. The van der Waals surface area contributed by atoms with Crippen molar-refractivity contribution in [1.29, 1.82) is 0 Å². The molecule has 0 saturated heterocycles. The largest absolute Gasteiger partial charge is 0.325 e. The van der Waals surface area contributed by atoms with E-state index < -0.39 is 10.0 Å². The zero-order valence-electron chi connectivity index (χ0n) is 13.6. The van der Waals surface area contributed by atoms with Gasteiger partial charge in [0, 0.05) is 12.2 Å². The number of thioether (sulfide) groups is 1. The highest BCUT2D eigenvalue weighted by atomic mass is 32.2. The molecular weight excluding hydrogens is 350 g/mol. The summed E-state index contributed by atoms with van der Waals surface area (Å²) < 4.78 is 28.0. The minimum Gasteiger partial charge on any atom is -0.325 e. The molecule has 24 heavy (non-hydrogen) atoms. The summed E-state index contributed by atoms with van der Waals surface area (Å²) in [6.07, 6.45) is 1.61. The number of hydrogen-bond acceptors (Lipinski definition) is 6. The van der Waals surface area contributed by atoms with Gasteiger partial charge < -0.3 is 9.88 Å². The summed E-state index contributed by atoms with van der Waals surface area (Å²) in [6, 6.07) is 4.76. The Morgan fingerprint density at radius 2 is 2.12 bits per heavy atom. The van der Waals surface area contributed by atoms with Crippen molar-refractivity contribution in [2.45, 2.75) is 30.4 Å². The molecule has 0 fully saturated rings. The van der Waals surface area contributed by atoms with Gasteiger partial charge in [-0.25, -0.2) is 13.1 Å². The lowest BCUT2D eigenvalue weighted by molar-refractivity contribution is -0.113. The van der Waals surface area contributed by atoms with E-state index in [1.54, 1.807) is 25.4 Å². The highest BCUT2D eigenvalue weighted by molar-refractivity contribution is 7.99. The molecule has 0 aliphatic rings. The molecule has 8 nitrogen and oxygen atoms in total. The van der Waals surface area contributed by atoms with Crippen LogP contribution in [0.25, 0.3) is 0 Å². The van der Waals surface area contributed by atoms with Gasteiger partial charge in [0.2, 0.25) is 15.9 Å². The average Bonchev–Trinajstić information content (AvgIpc) is 3.02. The first kappa shape index (κ1) is 18.4. The fourth-order valence-electron chi connectivity index (χ4n) is 1.98. The first-order chi connectivity index (χ1) is 11.4. The van der Waals surface area contributed by atoms with Crippen LogP contribution in [0.3, 0.4) is 0 Å². The summed E-state index contributed by atoms with van der Waals surface area (Å²) in [5.41, 5.74) is 1.03. The zero-order valence-corrected chi connectivity index (χ0v) is 15.2. The molecule has 0 radical (unpaired) electrons. The average molecular weight is 369 g/mol. The van der Waals surface area contributed by atoms with Gasteiger partial charge >= 0.3 is 0 Å². The fourth-order valence-corrected chi connectivity index (χ4v) is 3.75. The number of carbonyl (C=O) groups is 1. The number of nitrogens with zero attached hydrogens (tertiary/aromatic N) is 3. The fraction of sp³-hybridized carbons (Fsp3) is 0.357. The third-order valence-corrected chi connectivity index (χ3v) is 5.82. The normalized spacial score (nSPS) is 11.5. The molecule has 2 N–H and O–H groups in total. The maximum atomic E-state index is 12.1. The van der Waals surface area contributed by atoms with Gasteiger partial charge in [0.25, 0.3) is 0 Å². The van der Waals surface area contributed by atoms with Crippen molar-refractivity contribution in [3.63, 3.8) is 0 Å². The van der Waals surface area contributed by atoms with E-state index in [9.17, 15) is 13.2 Å². The Balaban J connectivity index is 2.05. The lowest BCUT2D eigenvalue weighted by Crippen LogP contribution is -2.20. The van der Waals surface area contributed by atoms with Crippen LogP contribution >= 0.6 is 11.8 Å². The summed E-state index contributed by atoms with van der Waals surface area (Å²) in [4.78, 5) is 12.2. The van der Waals surface area contributed by atoms with Gasteiger partial charge in [-0.15, -0.1) is 10.2 Å². The van der Waals surface area contributed by atoms with Crippen LogP contribution in [-0.4, -0.2) is 41.9 Å². The number of anilines is 1. The summed E-state index contributed by atoms with van der Waals surface area (Å²) in [5.74, 6) is -0.0944. The maximum absolute atomic E-state index is 12.1. The van der Waals surface area contributed by atoms with Gasteiger partial charge in [-0.1, -0.05) is 17.8 Å². The Morgan fingerprint density at radius 3 is 2.79 bits per heavy atom. The van der Waals surface area contributed by atoms with Crippen LogP contribution in [0, 0.1) is 6.92 Å². The van der Waals surface area contributed by atoms with Gasteiger partial charge in [0.05, 0.1) is 10.6 Å². The number of carbonyl (C=O) groups excluding carboxylic acids is 1.